The molecule has 2 N–H and O–H groups in total. The molecule has 0 saturated carbocycles. The molecule has 2 aromatic rings. The molecule has 0 atom stereocenters. The van der Waals surface area contributed by atoms with Crippen LogP contribution in [0.3, 0.4) is 0 Å². The Morgan fingerprint density at radius 1 is 1.19 bits per heavy atom. The lowest BCUT2D eigenvalue weighted by molar-refractivity contribution is -0.132. The molecule has 0 aliphatic heterocycles. The van der Waals surface area contributed by atoms with Crippen LogP contribution in [0.15, 0.2) is 35.3 Å². The largest absolute Gasteiger partial charge is 0.390 e. The fraction of sp³-hybridized carbons (Fsp3) is 0.412. The van der Waals surface area contributed by atoms with E-state index >= 15 is 0 Å². The molecule has 0 aliphatic carbocycles. The van der Waals surface area contributed by atoms with E-state index in [2.05, 4.69) is 20.7 Å². The van der Waals surface area contributed by atoms with Gasteiger partial charge in [-0.05, 0) is 31.5 Å². The number of rotatable bonds is 5. The molecule has 0 unspecified atom stereocenters. The molecule has 1 aromatic carbocycles. The molecule has 9 heteroatoms. The standard InChI is InChI=1S/C17H22F3N5.HI/c1-12-10-13(2)25(24-12)15-7-5-4-6-14(15)11-23-16(21-3)22-9-8-17(18,19)20;/h4-7,10H,8-9,11H2,1-3H3,(H2,21,22,23);1H. The number of para-hydroxylation sites is 1. The summed E-state index contributed by atoms with van der Waals surface area (Å²) in [6.07, 6.45) is -5.09. The van der Waals surface area contributed by atoms with E-state index in [1.165, 1.54) is 7.05 Å². The molecule has 0 radical (unpaired) electrons. The lowest BCUT2D eigenvalue weighted by atomic mass is 10.1. The maximum atomic E-state index is 12.2. The third-order valence-electron chi connectivity index (χ3n) is 3.60. The van der Waals surface area contributed by atoms with Gasteiger partial charge in [-0.15, -0.1) is 24.0 Å². The Balaban J connectivity index is 0.00000338. The van der Waals surface area contributed by atoms with Crippen molar-refractivity contribution in [2.24, 2.45) is 4.99 Å². The Morgan fingerprint density at radius 2 is 1.88 bits per heavy atom. The van der Waals surface area contributed by atoms with E-state index < -0.39 is 12.6 Å². The van der Waals surface area contributed by atoms with Crippen molar-refractivity contribution in [1.29, 1.82) is 0 Å². The number of nitrogens with one attached hydrogen (secondary N) is 2. The highest BCUT2D eigenvalue weighted by molar-refractivity contribution is 14.0. The fourth-order valence-corrected chi connectivity index (χ4v) is 2.46. The molecule has 26 heavy (non-hydrogen) atoms. The first-order chi connectivity index (χ1) is 11.8. The number of halogens is 4. The lowest BCUT2D eigenvalue weighted by Gasteiger charge is -2.15. The highest BCUT2D eigenvalue weighted by Gasteiger charge is 2.26. The first-order valence-electron chi connectivity index (χ1n) is 7.93. The van der Waals surface area contributed by atoms with Gasteiger partial charge in [0.2, 0.25) is 0 Å². The summed E-state index contributed by atoms with van der Waals surface area (Å²) in [7, 11) is 1.52. The molecule has 2 rings (SSSR count). The Kier molecular flexibility index (Phi) is 8.38. The Bertz CT molecular complexity index is 740. The average Bonchev–Trinajstić information content (AvgIpc) is 2.88. The van der Waals surface area contributed by atoms with Crippen LogP contribution in [0.25, 0.3) is 5.69 Å². The number of aromatic nitrogens is 2. The van der Waals surface area contributed by atoms with Crippen LogP contribution in [-0.4, -0.2) is 35.5 Å². The topological polar surface area (TPSA) is 54.2 Å². The van der Waals surface area contributed by atoms with Gasteiger partial charge >= 0.3 is 6.18 Å². The van der Waals surface area contributed by atoms with Crippen molar-refractivity contribution in [3.05, 3.63) is 47.3 Å². The zero-order chi connectivity index (χ0) is 18.4. The predicted octanol–water partition coefficient (Wildman–Crippen LogP) is 3.72. The maximum absolute atomic E-state index is 12.2. The van der Waals surface area contributed by atoms with E-state index in [1.807, 2.05) is 48.9 Å². The zero-order valence-corrected chi connectivity index (χ0v) is 17.2. The second kappa shape index (κ2) is 9.79. The van der Waals surface area contributed by atoms with Crippen molar-refractivity contribution < 1.29 is 13.2 Å². The van der Waals surface area contributed by atoms with E-state index in [0.29, 0.717) is 12.5 Å². The van der Waals surface area contributed by atoms with Crippen LogP contribution in [-0.2, 0) is 6.54 Å². The number of benzene rings is 1. The molecule has 1 aromatic heterocycles. The van der Waals surface area contributed by atoms with Crippen molar-refractivity contribution in [3.8, 4) is 5.69 Å². The zero-order valence-electron chi connectivity index (χ0n) is 14.9. The average molecular weight is 481 g/mol. The number of guanidine groups is 1. The number of aliphatic imine (C=N–C) groups is 1. The third kappa shape index (κ3) is 6.50. The van der Waals surface area contributed by atoms with Gasteiger partial charge in [-0.2, -0.15) is 18.3 Å². The number of hydrogen-bond donors (Lipinski definition) is 2. The molecule has 0 bridgehead atoms. The first-order valence-corrected chi connectivity index (χ1v) is 7.93. The van der Waals surface area contributed by atoms with Crippen LogP contribution in [0.4, 0.5) is 13.2 Å². The van der Waals surface area contributed by atoms with Crippen LogP contribution in [0.1, 0.15) is 23.4 Å². The van der Waals surface area contributed by atoms with Crippen LogP contribution in [0, 0.1) is 13.8 Å². The predicted molar refractivity (Wildman–Crippen MR) is 107 cm³/mol. The van der Waals surface area contributed by atoms with Gasteiger partial charge in [0.1, 0.15) is 0 Å². The molecule has 0 spiro atoms. The normalized spacial score (nSPS) is 11.8. The summed E-state index contributed by atoms with van der Waals surface area (Å²) in [4.78, 5) is 3.95. The smallest absolute Gasteiger partial charge is 0.356 e. The van der Waals surface area contributed by atoms with Crippen molar-refractivity contribution in [2.75, 3.05) is 13.6 Å². The molecule has 144 valence electrons. The van der Waals surface area contributed by atoms with E-state index in [-0.39, 0.29) is 30.5 Å². The van der Waals surface area contributed by atoms with Gasteiger partial charge in [0.05, 0.1) is 17.8 Å². The summed E-state index contributed by atoms with van der Waals surface area (Å²) >= 11 is 0. The van der Waals surface area contributed by atoms with E-state index in [4.69, 9.17) is 0 Å². The molecule has 0 aliphatic rings. The van der Waals surface area contributed by atoms with E-state index in [1.54, 1.807) is 0 Å². The van der Waals surface area contributed by atoms with E-state index in [0.717, 1.165) is 22.6 Å². The minimum Gasteiger partial charge on any atom is -0.356 e. The van der Waals surface area contributed by atoms with Crippen molar-refractivity contribution in [2.45, 2.75) is 33.0 Å². The molecule has 5 nitrogen and oxygen atoms in total. The molecular formula is C17H23F3IN5. The highest BCUT2D eigenvalue weighted by Crippen LogP contribution is 2.18. The van der Waals surface area contributed by atoms with Crippen LogP contribution in [0.2, 0.25) is 0 Å². The summed E-state index contributed by atoms with van der Waals surface area (Å²) in [5, 5.41) is 10.2. The van der Waals surface area contributed by atoms with Gasteiger partial charge in [-0.3, -0.25) is 4.99 Å². The van der Waals surface area contributed by atoms with Crippen molar-refractivity contribution in [3.63, 3.8) is 0 Å². The number of aryl methyl sites for hydroxylation is 2. The summed E-state index contributed by atoms with van der Waals surface area (Å²) in [6, 6.07) is 9.72. The Hall–Kier alpha value is -1.78. The summed E-state index contributed by atoms with van der Waals surface area (Å²) in [6.45, 7) is 4.10. The second-order valence-corrected chi connectivity index (χ2v) is 5.69. The number of hydrogen-bond acceptors (Lipinski definition) is 2. The molecular weight excluding hydrogens is 458 g/mol. The number of nitrogens with zero attached hydrogens (tertiary/aromatic N) is 3. The highest BCUT2D eigenvalue weighted by atomic mass is 127. The maximum Gasteiger partial charge on any atom is 0.390 e. The summed E-state index contributed by atoms with van der Waals surface area (Å²) < 4.78 is 38.5. The lowest BCUT2D eigenvalue weighted by Crippen LogP contribution is -2.38. The molecule has 1 heterocycles. The molecule has 0 saturated heterocycles. The van der Waals surface area contributed by atoms with Crippen molar-refractivity contribution in [1.82, 2.24) is 20.4 Å². The second-order valence-electron chi connectivity index (χ2n) is 5.69. The minimum atomic E-state index is -4.19. The molecule has 0 fully saturated rings. The quantitative estimate of drug-likeness (QED) is 0.389. The van der Waals surface area contributed by atoms with E-state index in [9.17, 15) is 13.2 Å². The Morgan fingerprint density at radius 3 is 2.46 bits per heavy atom. The van der Waals surface area contributed by atoms with Gasteiger partial charge in [-0.1, -0.05) is 18.2 Å². The summed E-state index contributed by atoms with van der Waals surface area (Å²) in [5.41, 5.74) is 3.82. The van der Waals surface area contributed by atoms with Crippen LogP contribution < -0.4 is 10.6 Å². The van der Waals surface area contributed by atoms with Gasteiger partial charge in [0, 0.05) is 25.8 Å². The van der Waals surface area contributed by atoms with Gasteiger partial charge in [-0.25, -0.2) is 4.68 Å². The van der Waals surface area contributed by atoms with Crippen LogP contribution >= 0.6 is 24.0 Å². The van der Waals surface area contributed by atoms with Gasteiger partial charge < -0.3 is 10.6 Å². The number of alkyl halides is 3. The third-order valence-corrected chi connectivity index (χ3v) is 3.60. The van der Waals surface area contributed by atoms with Gasteiger partial charge in [0.15, 0.2) is 5.96 Å². The Labute approximate surface area is 168 Å². The van der Waals surface area contributed by atoms with Crippen LogP contribution in [0.5, 0.6) is 0 Å². The SMILES string of the molecule is CN=C(NCCC(F)(F)F)NCc1ccccc1-n1nc(C)cc1C.I. The fourth-order valence-electron chi connectivity index (χ4n) is 2.46. The monoisotopic (exact) mass is 481 g/mol. The molecule has 0 amide bonds. The van der Waals surface area contributed by atoms with Gasteiger partial charge in [0.25, 0.3) is 0 Å². The first kappa shape index (κ1) is 22.3. The minimum absolute atomic E-state index is 0. The summed E-state index contributed by atoms with van der Waals surface area (Å²) in [5.74, 6) is 0.326. The van der Waals surface area contributed by atoms with Crippen molar-refractivity contribution >= 4 is 29.9 Å².